The monoisotopic (exact) mass is 463 g/mol. The summed E-state index contributed by atoms with van der Waals surface area (Å²) < 4.78 is 32.7. The van der Waals surface area contributed by atoms with Crippen molar-refractivity contribution in [1.82, 2.24) is 25.2 Å². The van der Waals surface area contributed by atoms with E-state index in [9.17, 15) is 13.2 Å². The number of hydrogen-bond acceptors (Lipinski definition) is 7. The Bertz CT molecular complexity index is 1070. The molecule has 0 radical (unpaired) electrons. The number of likely N-dealkylation sites (N-methyl/N-ethyl adjacent to an activating group) is 1. The molecule has 32 heavy (non-hydrogen) atoms. The summed E-state index contributed by atoms with van der Waals surface area (Å²) in [5, 5.41) is 11.4. The first-order valence-corrected chi connectivity index (χ1v) is 12.3. The maximum Gasteiger partial charge on any atom is 0.244 e. The highest BCUT2D eigenvalue weighted by Gasteiger charge is 2.36. The molecule has 1 unspecified atom stereocenters. The number of sulfone groups is 1. The van der Waals surface area contributed by atoms with Crippen LogP contribution in [0.25, 0.3) is 0 Å². The third-order valence-corrected chi connectivity index (χ3v) is 8.08. The Labute approximate surface area is 190 Å². The number of nitrogens with zero attached hydrogens (tertiary/aromatic N) is 4. The van der Waals surface area contributed by atoms with Crippen LogP contribution < -0.4 is 10.1 Å². The molecule has 9 nitrogen and oxygen atoms in total. The molecule has 1 aromatic heterocycles. The summed E-state index contributed by atoms with van der Waals surface area (Å²) in [4.78, 5) is 14.9. The minimum Gasteiger partial charge on any atom is -0.497 e. The lowest BCUT2D eigenvalue weighted by atomic mass is 9.79. The van der Waals surface area contributed by atoms with Gasteiger partial charge < -0.3 is 15.0 Å². The second-order valence-corrected chi connectivity index (χ2v) is 11.2. The van der Waals surface area contributed by atoms with Crippen molar-refractivity contribution in [3.05, 3.63) is 35.2 Å². The molecular weight excluding hydrogens is 430 g/mol. The average molecular weight is 464 g/mol. The van der Waals surface area contributed by atoms with Crippen molar-refractivity contribution in [1.29, 1.82) is 0 Å². The fourth-order valence-corrected chi connectivity index (χ4v) is 6.33. The number of amides is 1. The van der Waals surface area contributed by atoms with Gasteiger partial charge >= 0.3 is 0 Å². The van der Waals surface area contributed by atoms with E-state index < -0.39 is 9.84 Å². The van der Waals surface area contributed by atoms with Crippen molar-refractivity contribution in [2.45, 2.75) is 57.4 Å². The van der Waals surface area contributed by atoms with E-state index >= 15 is 0 Å². The van der Waals surface area contributed by atoms with Gasteiger partial charge in [-0.1, -0.05) is 19.1 Å². The molecule has 2 aromatic rings. The van der Waals surface area contributed by atoms with Crippen molar-refractivity contribution >= 4 is 15.7 Å². The molecule has 3 rings (SSSR count). The molecule has 1 aliphatic rings. The number of aryl methyl sites for hydroxylation is 2. The molecule has 10 heteroatoms. The second kappa shape index (κ2) is 9.19. The summed E-state index contributed by atoms with van der Waals surface area (Å²) in [6.07, 6.45) is 2.42. The summed E-state index contributed by atoms with van der Waals surface area (Å²) in [7, 11) is -0.273. The zero-order chi connectivity index (χ0) is 23.7. The number of carbonyl (C=O) groups is 1. The van der Waals surface area contributed by atoms with Crippen molar-refractivity contribution < 1.29 is 17.9 Å². The Morgan fingerprint density at radius 3 is 2.56 bits per heavy atom. The molecule has 1 atom stereocenters. The van der Waals surface area contributed by atoms with Gasteiger partial charge in [-0.2, -0.15) is 0 Å². The third kappa shape index (κ3) is 5.12. The second-order valence-electron chi connectivity index (χ2n) is 9.23. The Kier molecular flexibility index (Phi) is 6.94. The SMILES string of the molecule is COc1cc(C)c(S(=O)(=O)Cc2cn(CC(=O)N(C)C3CCNCC3(C)C)nn2)c(C)c1. The number of ether oxygens (including phenoxy) is 1. The van der Waals surface area contributed by atoms with Crippen molar-refractivity contribution in [2.75, 3.05) is 27.2 Å². The Hall–Kier alpha value is -2.46. The summed E-state index contributed by atoms with van der Waals surface area (Å²) in [6.45, 7) is 9.53. The fourth-order valence-electron chi connectivity index (χ4n) is 4.57. The first kappa shape index (κ1) is 24.2. The van der Waals surface area contributed by atoms with Crippen LogP contribution in [0.1, 0.15) is 37.1 Å². The highest BCUT2D eigenvalue weighted by molar-refractivity contribution is 7.90. The number of carbonyl (C=O) groups excluding carboxylic acids is 1. The molecule has 176 valence electrons. The molecular formula is C22H33N5O4S. The van der Waals surface area contributed by atoms with E-state index in [0.29, 0.717) is 22.6 Å². The van der Waals surface area contributed by atoms with Crippen LogP contribution in [0, 0.1) is 19.3 Å². The van der Waals surface area contributed by atoms with E-state index in [0.717, 1.165) is 19.5 Å². The number of methoxy groups -OCH3 is 1. The van der Waals surface area contributed by atoms with Crippen LogP contribution in [0.5, 0.6) is 5.75 Å². The maximum absolute atomic E-state index is 13.1. The van der Waals surface area contributed by atoms with Gasteiger partial charge in [-0.05, 0) is 55.5 Å². The fraction of sp³-hybridized carbons (Fsp3) is 0.591. The third-order valence-electron chi connectivity index (χ3n) is 6.14. The molecule has 1 fully saturated rings. The van der Waals surface area contributed by atoms with Crippen LogP contribution in [0.2, 0.25) is 0 Å². The number of nitrogens with one attached hydrogen (secondary N) is 1. The first-order valence-electron chi connectivity index (χ1n) is 10.7. The lowest BCUT2D eigenvalue weighted by Crippen LogP contribution is -2.55. The van der Waals surface area contributed by atoms with Crippen molar-refractivity contribution in [2.24, 2.45) is 5.41 Å². The Balaban J connectivity index is 1.71. The topological polar surface area (TPSA) is 106 Å². The minimum atomic E-state index is -3.64. The van der Waals surface area contributed by atoms with Gasteiger partial charge in [0.05, 0.1) is 23.9 Å². The zero-order valence-electron chi connectivity index (χ0n) is 19.7. The smallest absolute Gasteiger partial charge is 0.244 e. The van der Waals surface area contributed by atoms with E-state index in [1.165, 1.54) is 10.9 Å². The maximum atomic E-state index is 13.1. The number of hydrogen-bond donors (Lipinski definition) is 1. The van der Waals surface area contributed by atoms with Gasteiger partial charge in [-0.3, -0.25) is 4.79 Å². The number of aromatic nitrogens is 3. The van der Waals surface area contributed by atoms with Gasteiger partial charge in [-0.25, -0.2) is 13.1 Å². The normalized spacial score (nSPS) is 18.4. The van der Waals surface area contributed by atoms with Crippen LogP contribution in [0.3, 0.4) is 0 Å². The van der Waals surface area contributed by atoms with E-state index in [-0.39, 0.29) is 34.6 Å². The van der Waals surface area contributed by atoms with E-state index in [4.69, 9.17) is 4.74 Å². The van der Waals surface area contributed by atoms with Crippen LogP contribution >= 0.6 is 0 Å². The average Bonchev–Trinajstić information content (AvgIpc) is 3.12. The van der Waals surface area contributed by atoms with Crippen molar-refractivity contribution in [3.63, 3.8) is 0 Å². The molecule has 1 saturated heterocycles. The van der Waals surface area contributed by atoms with E-state index in [1.54, 1.807) is 38.0 Å². The predicted molar refractivity (Wildman–Crippen MR) is 121 cm³/mol. The van der Waals surface area contributed by atoms with Gasteiger partial charge in [0.2, 0.25) is 5.91 Å². The van der Waals surface area contributed by atoms with Crippen LogP contribution in [-0.2, 0) is 26.9 Å². The van der Waals surface area contributed by atoms with Crippen LogP contribution in [-0.4, -0.2) is 67.5 Å². The van der Waals surface area contributed by atoms with E-state index in [1.807, 2.05) is 7.05 Å². The van der Waals surface area contributed by atoms with Gasteiger partial charge in [0.15, 0.2) is 9.84 Å². The van der Waals surface area contributed by atoms with Gasteiger partial charge in [0.1, 0.15) is 18.0 Å². The number of benzene rings is 1. The lowest BCUT2D eigenvalue weighted by molar-refractivity contribution is -0.135. The van der Waals surface area contributed by atoms with Crippen LogP contribution in [0.15, 0.2) is 23.2 Å². The predicted octanol–water partition coefficient (Wildman–Crippen LogP) is 1.72. The molecule has 0 aliphatic carbocycles. The Morgan fingerprint density at radius 2 is 1.97 bits per heavy atom. The largest absolute Gasteiger partial charge is 0.497 e. The molecule has 1 aromatic carbocycles. The standard InChI is InChI=1S/C22H33N5O4S/c1-15-9-18(31-6)10-16(2)21(15)32(29,30)13-17-11-27(25-24-17)12-20(28)26(5)19-7-8-23-14-22(19,3)4/h9-11,19,23H,7-8,12-14H2,1-6H3. The number of rotatable bonds is 7. The van der Waals surface area contributed by atoms with Gasteiger partial charge in [-0.15, -0.1) is 5.10 Å². The molecule has 1 N–H and O–H groups in total. The quantitative estimate of drug-likeness (QED) is 0.666. The van der Waals surface area contributed by atoms with E-state index in [2.05, 4.69) is 29.5 Å². The molecule has 0 spiro atoms. The number of piperidine rings is 1. The molecule has 0 bridgehead atoms. The van der Waals surface area contributed by atoms with Gasteiger partial charge in [0, 0.05) is 19.6 Å². The Morgan fingerprint density at radius 1 is 1.31 bits per heavy atom. The zero-order valence-corrected chi connectivity index (χ0v) is 20.5. The summed E-state index contributed by atoms with van der Waals surface area (Å²) in [6, 6.07) is 3.53. The lowest BCUT2D eigenvalue weighted by Gasteiger charge is -2.44. The molecule has 2 heterocycles. The first-order chi connectivity index (χ1) is 14.9. The van der Waals surface area contributed by atoms with Gasteiger partial charge in [0.25, 0.3) is 0 Å². The minimum absolute atomic E-state index is 0.0180. The highest BCUT2D eigenvalue weighted by Crippen LogP contribution is 2.30. The van der Waals surface area contributed by atoms with Crippen LogP contribution in [0.4, 0.5) is 0 Å². The highest BCUT2D eigenvalue weighted by atomic mass is 32.2. The summed E-state index contributed by atoms with van der Waals surface area (Å²) in [5.41, 5.74) is 1.52. The molecule has 1 aliphatic heterocycles. The molecule has 1 amide bonds. The summed E-state index contributed by atoms with van der Waals surface area (Å²) in [5.74, 6) is 0.252. The van der Waals surface area contributed by atoms with Crippen molar-refractivity contribution in [3.8, 4) is 5.75 Å². The molecule has 0 saturated carbocycles. The summed E-state index contributed by atoms with van der Waals surface area (Å²) >= 11 is 0.